The molecule has 76 valence electrons. The van der Waals surface area contributed by atoms with Crippen LogP contribution in [0.4, 0.5) is 10.1 Å². The first-order valence-electron chi connectivity index (χ1n) is 4.54. The molecule has 1 aromatic rings. The van der Waals surface area contributed by atoms with E-state index in [-0.39, 0.29) is 10.7 Å². The molecule has 0 heterocycles. The molecule has 2 N–H and O–H groups in total. The number of hydrogen-bond donors (Lipinski definition) is 1. The highest BCUT2D eigenvalue weighted by atomic mass is 35.5. The maximum absolute atomic E-state index is 13.2. The molecule has 0 bridgehead atoms. The Hall–Kier alpha value is -0.960. The summed E-state index contributed by atoms with van der Waals surface area (Å²) in [5.41, 5.74) is 5.39. The summed E-state index contributed by atoms with van der Waals surface area (Å²) in [6.45, 7) is 0.614. The summed E-state index contributed by atoms with van der Waals surface area (Å²) in [6, 6.07) is 3.06. The Morgan fingerprint density at radius 3 is 2.86 bits per heavy atom. The van der Waals surface area contributed by atoms with Crippen LogP contribution in [-0.4, -0.2) is 6.61 Å². The van der Waals surface area contributed by atoms with Crippen molar-refractivity contribution in [3.63, 3.8) is 0 Å². The minimum Gasteiger partial charge on any atom is -0.492 e. The summed E-state index contributed by atoms with van der Waals surface area (Å²) in [5.74, 6) is 0.400. The molecular formula is C10H11ClFNO. The summed E-state index contributed by atoms with van der Waals surface area (Å²) in [6.07, 6.45) is 2.38. The number of nitrogen functional groups attached to an aromatic ring is 1. The zero-order valence-corrected chi connectivity index (χ0v) is 8.35. The van der Waals surface area contributed by atoms with Crippen molar-refractivity contribution in [3.05, 3.63) is 23.0 Å². The molecule has 0 aromatic heterocycles. The molecule has 1 saturated carbocycles. The van der Waals surface area contributed by atoms with Crippen LogP contribution in [0.15, 0.2) is 12.1 Å². The molecule has 2 nitrogen and oxygen atoms in total. The molecule has 0 unspecified atom stereocenters. The summed E-state index contributed by atoms with van der Waals surface area (Å²) in [5, 5.41) is -0.0225. The minimum absolute atomic E-state index is 0.0225. The highest BCUT2D eigenvalue weighted by Gasteiger charge is 2.22. The first kappa shape index (κ1) is 9.59. The second-order valence-electron chi connectivity index (χ2n) is 3.54. The van der Waals surface area contributed by atoms with E-state index in [2.05, 4.69) is 0 Å². The summed E-state index contributed by atoms with van der Waals surface area (Å²) in [7, 11) is 0. The van der Waals surface area contributed by atoms with Crippen LogP contribution in [0, 0.1) is 11.7 Å². The molecule has 0 spiro atoms. The molecule has 0 amide bonds. The molecule has 14 heavy (non-hydrogen) atoms. The Morgan fingerprint density at radius 1 is 1.50 bits per heavy atom. The lowest BCUT2D eigenvalue weighted by Crippen LogP contribution is -2.01. The van der Waals surface area contributed by atoms with Gasteiger partial charge in [0.25, 0.3) is 0 Å². The first-order valence-corrected chi connectivity index (χ1v) is 4.92. The molecule has 0 radical (unpaired) electrons. The van der Waals surface area contributed by atoms with Crippen LogP contribution in [0.2, 0.25) is 5.02 Å². The van der Waals surface area contributed by atoms with Gasteiger partial charge < -0.3 is 10.5 Å². The van der Waals surface area contributed by atoms with Gasteiger partial charge in [-0.05, 0) is 30.9 Å². The van der Waals surface area contributed by atoms with Gasteiger partial charge in [-0.15, -0.1) is 0 Å². The second kappa shape index (κ2) is 3.65. The molecule has 1 aromatic carbocycles. The van der Waals surface area contributed by atoms with Gasteiger partial charge in [0, 0.05) is 0 Å². The molecule has 2 rings (SSSR count). The van der Waals surface area contributed by atoms with Crippen molar-refractivity contribution in [2.24, 2.45) is 5.92 Å². The summed E-state index contributed by atoms with van der Waals surface area (Å²) < 4.78 is 18.6. The largest absolute Gasteiger partial charge is 0.492 e. The molecular weight excluding hydrogens is 205 g/mol. The topological polar surface area (TPSA) is 35.2 Å². The molecule has 1 fully saturated rings. The van der Waals surface area contributed by atoms with Gasteiger partial charge in [0.05, 0.1) is 12.3 Å². The van der Waals surface area contributed by atoms with E-state index in [9.17, 15) is 4.39 Å². The Balaban J connectivity index is 2.11. The number of hydrogen-bond acceptors (Lipinski definition) is 2. The second-order valence-corrected chi connectivity index (χ2v) is 3.91. The van der Waals surface area contributed by atoms with Crippen molar-refractivity contribution < 1.29 is 9.13 Å². The average molecular weight is 216 g/mol. The van der Waals surface area contributed by atoms with Gasteiger partial charge in [-0.2, -0.15) is 0 Å². The lowest BCUT2D eigenvalue weighted by Gasteiger charge is -2.08. The number of rotatable bonds is 3. The zero-order chi connectivity index (χ0) is 10.1. The fraction of sp³-hybridized carbons (Fsp3) is 0.400. The Kier molecular flexibility index (Phi) is 2.50. The molecule has 0 saturated heterocycles. The van der Waals surface area contributed by atoms with Gasteiger partial charge in [0.15, 0.2) is 5.82 Å². The highest BCUT2D eigenvalue weighted by molar-refractivity contribution is 6.32. The van der Waals surface area contributed by atoms with Crippen LogP contribution in [0.3, 0.4) is 0 Å². The zero-order valence-electron chi connectivity index (χ0n) is 7.59. The number of ether oxygens (including phenoxy) is 1. The fourth-order valence-electron chi connectivity index (χ4n) is 1.15. The lowest BCUT2D eigenvalue weighted by atomic mass is 10.3. The van der Waals surface area contributed by atoms with Gasteiger partial charge in [-0.25, -0.2) is 4.39 Å². The van der Waals surface area contributed by atoms with Crippen LogP contribution < -0.4 is 10.5 Å². The summed E-state index contributed by atoms with van der Waals surface area (Å²) >= 11 is 5.72. The van der Waals surface area contributed by atoms with E-state index >= 15 is 0 Å². The SMILES string of the molecule is Nc1ccc(OCC2CC2)c(Cl)c1F. The lowest BCUT2D eigenvalue weighted by molar-refractivity contribution is 0.298. The van der Waals surface area contributed by atoms with Crippen molar-refractivity contribution >= 4 is 17.3 Å². The number of nitrogens with two attached hydrogens (primary N) is 1. The standard InChI is InChI=1S/C10H11ClFNO/c11-9-8(14-5-6-1-2-6)4-3-7(13)10(9)12/h3-4,6H,1-2,5,13H2. The molecule has 0 atom stereocenters. The maximum atomic E-state index is 13.2. The van der Waals surface area contributed by atoms with Crippen LogP contribution in [0.1, 0.15) is 12.8 Å². The van der Waals surface area contributed by atoms with Gasteiger partial charge in [-0.3, -0.25) is 0 Å². The predicted octanol–water partition coefficient (Wildman–Crippen LogP) is 2.85. The molecule has 1 aliphatic carbocycles. The normalized spacial score (nSPS) is 15.6. The third-order valence-corrected chi connectivity index (χ3v) is 2.60. The van der Waals surface area contributed by atoms with E-state index in [1.807, 2.05) is 0 Å². The van der Waals surface area contributed by atoms with Gasteiger partial charge in [0.1, 0.15) is 10.8 Å². The van der Waals surface area contributed by atoms with Crippen molar-refractivity contribution in [1.29, 1.82) is 0 Å². The van der Waals surface area contributed by atoms with E-state index < -0.39 is 5.82 Å². The Morgan fingerprint density at radius 2 is 2.21 bits per heavy atom. The van der Waals surface area contributed by atoms with Crippen molar-refractivity contribution in [1.82, 2.24) is 0 Å². The maximum Gasteiger partial charge on any atom is 0.168 e. The van der Waals surface area contributed by atoms with Crippen molar-refractivity contribution in [3.8, 4) is 5.75 Å². The monoisotopic (exact) mass is 215 g/mol. The fourth-order valence-corrected chi connectivity index (χ4v) is 1.38. The van der Waals surface area contributed by atoms with Crippen LogP contribution >= 0.6 is 11.6 Å². The minimum atomic E-state index is -0.597. The quantitative estimate of drug-likeness (QED) is 0.787. The smallest absolute Gasteiger partial charge is 0.168 e. The van der Waals surface area contributed by atoms with Crippen LogP contribution in [0.25, 0.3) is 0 Å². The van der Waals surface area contributed by atoms with Gasteiger partial charge in [0.2, 0.25) is 0 Å². The number of benzene rings is 1. The van der Waals surface area contributed by atoms with E-state index in [0.717, 1.165) is 0 Å². The van der Waals surface area contributed by atoms with E-state index in [1.165, 1.54) is 18.9 Å². The van der Waals surface area contributed by atoms with Gasteiger partial charge >= 0.3 is 0 Å². The van der Waals surface area contributed by atoms with Crippen molar-refractivity contribution in [2.75, 3.05) is 12.3 Å². The summed E-state index contributed by atoms with van der Waals surface area (Å²) in [4.78, 5) is 0. The molecule has 1 aliphatic rings. The number of halogens is 2. The van der Waals surface area contributed by atoms with E-state index in [1.54, 1.807) is 6.07 Å². The average Bonchev–Trinajstić information content (AvgIpc) is 2.97. The van der Waals surface area contributed by atoms with Crippen LogP contribution in [-0.2, 0) is 0 Å². The highest BCUT2D eigenvalue weighted by Crippen LogP contribution is 2.34. The van der Waals surface area contributed by atoms with E-state index in [4.69, 9.17) is 22.1 Å². The van der Waals surface area contributed by atoms with E-state index in [0.29, 0.717) is 18.3 Å². The Labute approximate surface area is 86.8 Å². The molecule has 0 aliphatic heterocycles. The third-order valence-electron chi connectivity index (χ3n) is 2.25. The number of anilines is 1. The van der Waals surface area contributed by atoms with Crippen LogP contribution in [0.5, 0.6) is 5.75 Å². The molecule has 4 heteroatoms. The van der Waals surface area contributed by atoms with Gasteiger partial charge in [-0.1, -0.05) is 11.6 Å². The Bertz CT molecular complexity index is 352. The first-order chi connectivity index (χ1) is 6.68. The predicted molar refractivity (Wildman–Crippen MR) is 54.0 cm³/mol. The third kappa shape index (κ3) is 1.93. The van der Waals surface area contributed by atoms with Crippen molar-refractivity contribution in [2.45, 2.75) is 12.8 Å².